The van der Waals surface area contributed by atoms with E-state index in [0.29, 0.717) is 0 Å². The fourth-order valence-electron chi connectivity index (χ4n) is 2.87. The van der Waals surface area contributed by atoms with E-state index >= 15 is 0 Å². The van der Waals surface area contributed by atoms with Gasteiger partial charge in [0.1, 0.15) is 5.60 Å². The van der Waals surface area contributed by atoms with Gasteiger partial charge < -0.3 is 19.9 Å². The first-order valence-corrected chi connectivity index (χ1v) is 9.89. The molecule has 1 N–H and O–H groups in total. The number of amides is 1. The molecule has 7 nitrogen and oxygen atoms in total. The molecule has 1 saturated heterocycles. The van der Waals surface area contributed by atoms with Crippen molar-refractivity contribution < 1.29 is 9.53 Å². The first-order chi connectivity index (χ1) is 12.3. The fourth-order valence-corrected chi connectivity index (χ4v) is 2.87. The molecule has 0 aromatic carbocycles. The number of piperazine rings is 1. The van der Waals surface area contributed by atoms with Crippen LogP contribution in [0.5, 0.6) is 0 Å². The van der Waals surface area contributed by atoms with E-state index in [2.05, 4.69) is 34.1 Å². The molecule has 0 aromatic rings. The molecule has 0 saturated carbocycles. The fraction of sp³-hybridized carbons (Fsp3) is 0.895. The number of carbonyl (C=O) groups is 1. The molecule has 1 amide bonds. The maximum atomic E-state index is 12.1. The van der Waals surface area contributed by atoms with Gasteiger partial charge in [-0.05, 0) is 40.2 Å². The third-order valence-electron chi connectivity index (χ3n) is 4.38. The van der Waals surface area contributed by atoms with Crippen LogP contribution in [0.25, 0.3) is 0 Å². The van der Waals surface area contributed by atoms with Gasteiger partial charge in [0, 0.05) is 53.4 Å². The summed E-state index contributed by atoms with van der Waals surface area (Å²) in [5.41, 5.74) is -0.428. The SMILES string of the molecule is CCCCN(C)C(=NC)NCCCN1CCN(C(=O)OC(C)(C)C)CC1.I. The minimum atomic E-state index is -0.428. The molecule has 27 heavy (non-hydrogen) atoms. The number of halogens is 1. The number of nitrogens with one attached hydrogen (secondary N) is 1. The van der Waals surface area contributed by atoms with E-state index < -0.39 is 5.60 Å². The van der Waals surface area contributed by atoms with Gasteiger partial charge in [-0.3, -0.25) is 9.89 Å². The van der Waals surface area contributed by atoms with Gasteiger partial charge in [0.15, 0.2) is 5.96 Å². The molecule has 0 bridgehead atoms. The highest BCUT2D eigenvalue weighted by Gasteiger charge is 2.25. The van der Waals surface area contributed by atoms with Gasteiger partial charge in [0.05, 0.1) is 0 Å². The largest absolute Gasteiger partial charge is 0.444 e. The van der Waals surface area contributed by atoms with E-state index in [1.807, 2.05) is 32.7 Å². The minimum Gasteiger partial charge on any atom is -0.444 e. The second kappa shape index (κ2) is 13.4. The van der Waals surface area contributed by atoms with Crippen molar-refractivity contribution in [2.75, 3.05) is 59.9 Å². The Hall–Kier alpha value is -0.770. The van der Waals surface area contributed by atoms with E-state index in [-0.39, 0.29) is 30.1 Å². The van der Waals surface area contributed by atoms with Crippen LogP contribution in [0.1, 0.15) is 47.0 Å². The molecule has 160 valence electrons. The monoisotopic (exact) mass is 497 g/mol. The van der Waals surface area contributed by atoms with Crippen molar-refractivity contribution in [3.63, 3.8) is 0 Å². The number of nitrogens with zero attached hydrogens (tertiary/aromatic N) is 4. The van der Waals surface area contributed by atoms with E-state index in [4.69, 9.17) is 4.74 Å². The number of unbranched alkanes of at least 4 members (excludes halogenated alkanes) is 1. The summed E-state index contributed by atoms with van der Waals surface area (Å²) in [5, 5.41) is 3.44. The van der Waals surface area contributed by atoms with Gasteiger partial charge in [-0.25, -0.2) is 4.79 Å². The predicted octanol–water partition coefficient (Wildman–Crippen LogP) is 2.85. The molecular weight excluding hydrogens is 457 g/mol. The third kappa shape index (κ3) is 11.0. The zero-order chi connectivity index (χ0) is 19.6. The molecule has 8 heteroatoms. The van der Waals surface area contributed by atoms with Gasteiger partial charge in [0.2, 0.25) is 0 Å². The van der Waals surface area contributed by atoms with Gasteiger partial charge in [-0.2, -0.15) is 0 Å². The molecule has 0 spiro atoms. The Balaban J connectivity index is 0.00000676. The number of rotatable bonds is 7. The van der Waals surface area contributed by atoms with Crippen LogP contribution < -0.4 is 5.32 Å². The Morgan fingerprint density at radius 3 is 2.33 bits per heavy atom. The number of hydrogen-bond donors (Lipinski definition) is 1. The van der Waals surface area contributed by atoms with E-state index in [1.165, 1.54) is 12.8 Å². The van der Waals surface area contributed by atoms with Crippen LogP contribution >= 0.6 is 24.0 Å². The zero-order valence-electron chi connectivity index (χ0n) is 18.1. The summed E-state index contributed by atoms with van der Waals surface area (Å²) < 4.78 is 5.44. The first kappa shape index (κ1) is 26.2. The Labute approximate surface area is 182 Å². The van der Waals surface area contributed by atoms with Crippen LogP contribution in [0.2, 0.25) is 0 Å². The highest BCUT2D eigenvalue weighted by atomic mass is 127. The molecule has 1 aliphatic rings. The summed E-state index contributed by atoms with van der Waals surface area (Å²) in [7, 11) is 3.92. The average molecular weight is 497 g/mol. The minimum absolute atomic E-state index is 0. The Morgan fingerprint density at radius 2 is 1.81 bits per heavy atom. The topological polar surface area (TPSA) is 60.4 Å². The van der Waals surface area contributed by atoms with E-state index in [1.54, 1.807) is 0 Å². The number of guanidine groups is 1. The molecule has 0 aromatic heterocycles. The molecule has 0 radical (unpaired) electrons. The van der Waals surface area contributed by atoms with E-state index in [0.717, 1.165) is 58.2 Å². The smallest absolute Gasteiger partial charge is 0.410 e. The lowest BCUT2D eigenvalue weighted by Gasteiger charge is -2.35. The van der Waals surface area contributed by atoms with E-state index in [9.17, 15) is 4.79 Å². The van der Waals surface area contributed by atoms with Gasteiger partial charge >= 0.3 is 6.09 Å². The first-order valence-electron chi connectivity index (χ1n) is 9.89. The number of carbonyl (C=O) groups excluding carboxylic acids is 1. The summed E-state index contributed by atoms with van der Waals surface area (Å²) in [4.78, 5) is 22.8. The quantitative estimate of drug-likeness (QED) is 0.254. The lowest BCUT2D eigenvalue weighted by molar-refractivity contribution is 0.0145. The normalized spacial score (nSPS) is 15.9. The van der Waals surface area contributed by atoms with Crippen LogP contribution in [-0.2, 0) is 4.74 Å². The van der Waals surface area contributed by atoms with Crippen LogP contribution in [0, 0.1) is 0 Å². The van der Waals surface area contributed by atoms with Gasteiger partial charge in [-0.1, -0.05) is 13.3 Å². The molecule has 1 heterocycles. The number of aliphatic imine (C=N–C) groups is 1. The van der Waals surface area contributed by atoms with Crippen LogP contribution in [-0.4, -0.2) is 92.3 Å². The second-order valence-corrected chi connectivity index (χ2v) is 7.91. The Kier molecular flexibility index (Phi) is 13.0. The van der Waals surface area contributed by atoms with Crippen molar-refractivity contribution in [3.05, 3.63) is 0 Å². The third-order valence-corrected chi connectivity index (χ3v) is 4.38. The number of ether oxygens (including phenoxy) is 1. The van der Waals surface area contributed by atoms with Crippen molar-refractivity contribution in [2.45, 2.75) is 52.6 Å². The maximum absolute atomic E-state index is 12.1. The highest BCUT2D eigenvalue weighted by Crippen LogP contribution is 2.11. The summed E-state index contributed by atoms with van der Waals surface area (Å²) in [6.07, 6.45) is 3.24. The molecule has 0 aliphatic carbocycles. The average Bonchev–Trinajstić information content (AvgIpc) is 2.58. The summed E-state index contributed by atoms with van der Waals surface area (Å²) in [5.74, 6) is 0.966. The second-order valence-electron chi connectivity index (χ2n) is 7.91. The Morgan fingerprint density at radius 1 is 1.19 bits per heavy atom. The van der Waals surface area contributed by atoms with Crippen molar-refractivity contribution in [1.82, 2.24) is 20.0 Å². The Bertz CT molecular complexity index is 446. The van der Waals surface area contributed by atoms with Crippen LogP contribution in [0.4, 0.5) is 4.79 Å². The molecule has 1 aliphatic heterocycles. The van der Waals surface area contributed by atoms with Crippen LogP contribution in [0.15, 0.2) is 4.99 Å². The lowest BCUT2D eigenvalue weighted by Crippen LogP contribution is -2.50. The number of hydrogen-bond acceptors (Lipinski definition) is 4. The molecule has 0 atom stereocenters. The van der Waals surface area contributed by atoms with Crippen molar-refractivity contribution in [2.24, 2.45) is 4.99 Å². The van der Waals surface area contributed by atoms with Gasteiger partial charge in [0.25, 0.3) is 0 Å². The summed E-state index contributed by atoms with van der Waals surface area (Å²) >= 11 is 0. The highest BCUT2D eigenvalue weighted by molar-refractivity contribution is 14.0. The zero-order valence-corrected chi connectivity index (χ0v) is 20.4. The maximum Gasteiger partial charge on any atom is 0.410 e. The predicted molar refractivity (Wildman–Crippen MR) is 123 cm³/mol. The summed E-state index contributed by atoms with van der Waals surface area (Å²) in [6.45, 7) is 14.2. The van der Waals surface area contributed by atoms with Crippen molar-refractivity contribution in [3.8, 4) is 0 Å². The molecule has 1 fully saturated rings. The molecular formula is C19H40IN5O2. The van der Waals surface area contributed by atoms with Crippen LogP contribution in [0.3, 0.4) is 0 Å². The van der Waals surface area contributed by atoms with Crippen molar-refractivity contribution in [1.29, 1.82) is 0 Å². The summed E-state index contributed by atoms with van der Waals surface area (Å²) in [6, 6.07) is 0. The standard InChI is InChI=1S/C19H39N5O2.HI/c1-7-8-11-22(6)17(20-5)21-10-9-12-23-13-15-24(16-14-23)18(25)26-19(2,3)4;/h7-16H2,1-6H3,(H,20,21);1H. The van der Waals surface area contributed by atoms with Gasteiger partial charge in [-0.15, -0.1) is 24.0 Å². The lowest BCUT2D eigenvalue weighted by atomic mass is 10.2. The molecule has 0 unspecified atom stereocenters. The van der Waals surface area contributed by atoms with Crippen molar-refractivity contribution >= 4 is 36.0 Å². The molecule has 1 rings (SSSR count).